The lowest BCUT2D eigenvalue weighted by atomic mass is 10.1. The Balaban J connectivity index is 2.00. The second-order valence-corrected chi connectivity index (χ2v) is 4.68. The first-order valence-corrected chi connectivity index (χ1v) is 6.70. The molecule has 0 spiro atoms. The number of benzene rings is 1. The summed E-state index contributed by atoms with van der Waals surface area (Å²) in [6.07, 6.45) is 1.84. The van der Waals surface area contributed by atoms with Gasteiger partial charge in [-0.2, -0.15) is 0 Å². The molecule has 1 aliphatic rings. The maximum absolute atomic E-state index is 11.9. The van der Waals surface area contributed by atoms with E-state index in [1.807, 2.05) is 18.2 Å². The average molecular weight is 257 g/mol. The lowest BCUT2D eigenvalue weighted by molar-refractivity contribution is -0.126. The fourth-order valence-electron chi connectivity index (χ4n) is 2.33. The van der Waals surface area contributed by atoms with Gasteiger partial charge in [-0.05, 0) is 30.9 Å². The molecule has 1 heterocycles. The Morgan fingerprint density at radius 2 is 2.26 bits per heavy atom. The van der Waals surface area contributed by atoms with Crippen LogP contribution in [0, 0.1) is 11.8 Å². The number of hydrogen-bond acceptors (Lipinski definition) is 2. The first-order chi connectivity index (χ1) is 9.24. The highest BCUT2D eigenvalue weighted by Gasteiger charge is 2.25. The lowest BCUT2D eigenvalue weighted by Crippen LogP contribution is -2.39. The van der Waals surface area contributed by atoms with E-state index in [4.69, 9.17) is 4.74 Å². The molecule has 1 aromatic carbocycles. The molecule has 3 heteroatoms. The van der Waals surface area contributed by atoms with Crippen LogP contribution in [0.5, 0.6) is 5.75 Å². The van der Waals surface area contributed by atoms with E-state index < -0.39 is 0 Å². The van der Waals surface area contributed by atoms with Crippen LogP contribution in [-0.4, -0.2) is 30.0 Å². The number of carbonyl (C=O) groups excluding carboxylic acids is 1. The molecule has 1 aromatic rings. The maximum atomic E-state index is 11.9. The van der Waals surface area contributed by atoms with E-state index in [-0.39, 0.29) is 12.0 Å². The Hall–Kier alpha value is -1.95. The van der Waals surface area contributed by atoms with Crippen molar-refractivity contribution in [2.24, 2.45) is 0 Å². The number of nitrogens with zero attached hydrogens (tertiary/aromatic N) is 1. The Kier molecular flexibility index (Phi) is 4.46. The molecular formula is C16H19NO2. The van der Waals surface area contributed by atoms with Crippen molar-refractivity contribution in [2.75, 3.05) is 13.1 Å². The predicted molar refractivity (Wildman–Crippen MR) is 74.9 cm³/mol. The molecule has 0 fully saturated rings. The van der Waals surface area contributed by atoms with Gasteiger partial charge in [0.2, 0.25) is 0 Å². The maximum Gasteiger partial charge on any atom is 0.298 e. The van der Waals surface area contributed by atoms with Crippen LogP contribution in [0.3, 0.4) is 0 Å². The monoisotopic (exact) mass is 257 g/mol. The summed E-state index contributed by atoms with van der Waals surface area (Å²) in [4.78, 5) is 13.7. The molecule has 2 rings (SSSR count). The molecule has 0 saturated heterocycles. The number of fused-ring (bicyclic) bond motifs is 1. The standard InChI is InChI=1S/C16H19NO2/c1-3-7-16(18)17(10-4-2)12-14-11-13-8-5-6-9-15(13)19-14/h5-6,8-9,14H,4,10-12H2,1-2H3. The van der Waals surface area contributed by atoms with E-state index >= 15 is 0 Å². The van der Waals surface area contributed by atoms with E-state index in [1.165, 1.54) is 5.56 Å². The highest BCUT2D eigenvalue weighted by atomic mass is 16.5. The molecule has 1 amide bonds. The fourth-order valence-corrected chi connectivity index (χ4v) is 2.33. The normalized spacial score (nSPS) is 16.0. The van der Waals surface area contributed by atoms with Crippen LogP contribution >= 0.6 is 0 Å². The highest BCUT2D eigenvalue weighted by Crippen LogP contribution is 2.28. The van der Waals surface area contributed by atoms with E-state index in [0.717, 1.165) is 25.1 Å². The van der Waals surface area contributed by atoms with Crippen molar-refractivity contribution >= 4 is 5.91 Å². The van der Waals surface area contributed by atoms with Gasteiger partial charge in [0.1, 0.15) is 11.9 Å². The highest BCUT2D eigenvalue weighted by molar-refractivity contribution is 5.93. The van der Waals surface area contributed by atoms with Crippen LogP contribution in [0.1, 0.15) is 25.8 Å². The van der Waals surface area contributed by atoms with Crippen LogP contribution in [0.15, 0.2) is 24.3 Å². The smallest absolute Gasteiger partial charge is 0.298 e. The SMILES string of the molecule is CC#CC(=O)N(CCC)CC1Cc2ccccc2O1. The Bertz CT molecular complexity index is 488. The molecule has 0 radical (unpaired) electrons. The van der Waals surface area contributed by atoms with Gasteiger partial charge in [-0.15, -0.1) is 0 Å². The van der Waals surface area contributed by atoms with Crippen LogP contribution in [0.25, 0.3) is 0 Å². The number of ether oxygens (including phenoxy) is 1. The van der Waals surface area contributed by atoms with Crippen molar-refractivity contribution in [3.63, 3.8) is 0 Å². The molecule has 1 unspecified atom stereocenters. The van der Waals surface area contributed by atoms with E-state index in [9.17, 15) is 4.79 Å². The minimum atomic E-state index is -0.107. The summed E-state index contributed by atoms with van der Waals surface area (Å²) in [6.45, 7) is 5.08. The fraction of sp³-hybridized carbons (Fsp3) is 0.438. The molecule has 100 valence electrons. The van der Waals surface area contributed by atoms with Gasteiger partial charge in [0.05, 0.1) is 6.54 Å². The predicted octanol–water partition coefficient (Wildman–Crippen LogP) is 2.25. The second-order valence-electron chi connectivity index (χ2n) is 4.68. The quantitative estimate of drug-likeness (QED) is 0.774. The largest absolute Gasteiger partial charge is 0.488 e. The summed E-state index contributed by atoms with van der Waals surface area (Å²) >= 11 is 0. The van der Waals surface area contributed by atoms with Gasteiger partial charge in [0.25, 0.3) is 5.91 Å². The topological polar surface area (TPSA) is 29.5 Å². The van der Waals surface area contributed by atoms with E-state index in [0.29, 0.717) is 6.54 Å². The molecule has 0 aliphatic carbocycles. The third-order valence-corrected chi connectivity index (χ3v) is 3.15. The first-order valence-electron chi connectivity index (χ1n) is 6.70. The molecule has 3 nitrogen and oxygen atoms in total. The number of rotatable bonds is 4. The van der Waals surface area contributed by atoms with Gasteiger partial charge in [-0.3, -0.25) is 4.79 Å². The van der Waals surface area contributed by atoms with Gasteiger partial charge >= 0.3 is 0 Å². The molecule has 0 N–H and O–H groups in total. The van der Waals surface area contributed by atoms with E-state index in [2.05, 4.69) is 24.8 Å². The molecule has 0 bridgehead atoms. The van der Waals surface area contributed by atoms with Crippen LogP contribution in [0.4, 0.5) is 0 Å². The number of hydrogen-bond donors (Lipinski definition) is 0. The van der Waals surface area contributed by atoms with Crippen molar-refractivity contribution in [3.05, 3.63) is 29.8 Å². The summed E-state index contributed by atoms with van der Waals surface area (Å²) < 4.78 is 5.87. The van der Waals surface area contributed by atoms with Gasteiger partial charge < -0.3 is 9.64 Å². The average Bonchev–Trinajstić information content (AvgIpc) is 2.80. The van der Waals surface area contributed by atoms with Crippen molar-refractivity contribution in [1.29, 1.82) is 0 Å². The number of amides is 1. The van der Waals surface area contributed by atoms with Crippen molar-refractivity contribution < 1.29 is 9.53 Å². The summed E-state index contributed by atoms with van der Waals surface area (Å²) in [5, 5.41) is 0. The number of para-hydroxylation sites is 1. The van der Waals surface area contributed by atoms with Gasteiger partial charge in [-0.1, -0.05) is 31.0 Å². The zero-order chi connectivity index (χ0) is 13.7. The zero-order valence-electron chi connectivity index (χ0n) is 11.5. The molecule has 0 saturated carbocycles. The molecular weight excluding hydrogens is 238 g/mol. The summed E-state index contributed by atoms with van der Waals surface area (Å²) in [7, 11) is 0. The number of carbonyl (C=O) groups is 1. The minimum absolute atomic E-state index is 0.0477. The van der Waals surface area contributed by atoms with Crippen LogP contribution < -0.4 is 4.74 Å². The van der Waals surface area contributed by atoms with Crippen LogP contribution in [0.2, 0.25) is 0 Å². The Morgan fingerprint density at radius 1 is 1.47 bits per heavy atom. The minimum Gasteiger partial charge on any atom is -0.488 e. The Morgan fingerprint density at radius 3 is 2.95 bits per heavy atom. The van der Waals surface area contributed by atoms with Gasteiger partial charge in [0.15, 0.2) is 0 Å². The van der Waals surface area contributed by atoms with Crippen molar-refractivity contribution in [2.45, 2.75) is 32.8 Å². The third-order valence-electron chi connectivity index (χ3n) is 3.15. The van der Waals surface area contributed by atoms with Crippen LogP contribution in [-0.2, 0) is 11.2 Å². The van der Waals surface area contributed by atoms with Crippen molar-refractivity contribution in [1.82, 2.24) is 4.90 Å². The Labute approximate surface area is 114 Å². The molecule has 1 aliphatic heterocycles. The lowest BCUT2D eigenvalue weighted by Gasteiger charge is -2.23. The second kappa shape index (κ2) is 6.29. The van der Waals surface area contributed by atoms with Gasteiger partial charge in [0, 0.05) is 13.0 Å². The summed E-state index contributed by atoms with van der Waals surface area (Å²) in [5.74, 6) is 6.11. The molecule has 19 heavy (non-hydrogen) atoms. The zero-order valence-corrected chi connectivity index (χ0v) is 11.5. The van der Waals surface area contributed by atoms with E-state index in [1.54, 1.807) is 11.8 Å². The van der Waals surface area contributed by atoms with Gasteiger partial charge in [-0.25, -0.2) is 0 Å². The third kappa shape index (κ3) is 3.29. The first kappa shape index (κ1) is 13.5. The molecule has 1 atom stereocenters. The summed E-state index contributed by atoms with van der Waals surface area (Å²) in [5.41, 5.74) is 1.22. The summed E-state index contributed by atoms with van der Waals surface area (Å²) in [6, 6.07) is 8.04. The van der Waals surface area contributed by atoms with Crippen molar-refractivity contribution in [3.8, 4) is 17.6 Å². The molecule has 0 aromatic heterocycles.